The number of amides is 3. The number of rotatable bonds is 1. The van der Waals surface area contributed by atoms with Crippen molar-refractivity contribution >= 4 is 40.2 Å². The summed E-state index contributed by atoms with van der Waals surface area (Å²) in [5.74, 6) is 0.322. The van der Waals surface area contributed by atoms with Gasteiger partial charge in [-0.15, -0.1) is 11.6 Å². The number of phenolic OH excluding ortho intramolecular Hbond substituents is 1. The molecule has 1 unspecified atom stereocenters. The fraction of sp³-hybridized carbons (Fsp3) is 0.368. The van der Waals surface area contributed by atoms with E-state index < -0.39 is 17.7 Å². The zero-order valence-corrected chi connectivity index (χ0v) is 16.1. The fourth-order valence-electron chi connectivity index (χ4n) is 3.22. The number of carbonyl (C=O) groups is 2. The summed E-state index contributed by atoms with van der Waals surface area (Å²) in [6.07, 6.45) is -0.759. The molecule has 0 saturated heterocycles. The number of nitrogens with zero attached hydrogens (tertiary/aromatic N) is 1. The Kier molecular flexibility index (Phi) is 5.06. The molecule has 0 aromatic heterocycles. The molecular weight excluding hydrogens is 370 g/mol. The van der Waals surface area contributed by atoms with Gasteiger partial charge in [0.25, 0.3) is 0 Å². The minimum absolute atomic E-state index is 0.0810. The number of hydrogen-bond donors (Lipinski definition) is 3. The lowest BCUT2D eigenvalue weighted by atomic mass is 9.95. The largest absolute Gasteiger partial charge is 0.507 e. The van der Waals surface area contributed by atoms with Crippen molar-refractivity contribution in [2.45, 2.75) is 32.3 Å². The molecular formula is C19H22ClN3O4. The van der Waals surface area contributed by atoms with Gasteiger partial charge in [0, 0.05) is 29.8 Å². The smallest absolute Gasteiger partial charge is 0.426 e. The summed E-state index contributed by atoms with van der Waals surface area (Å²) >= 11 is 6.14. The Morgan fingerprint density at radius 3 is 2.56 bits per heavy atom. The van der Waals surface area contributed by atoms with E-state index in [9.17, 15) is 14.7 Å². The van der Waals surface area contributed by atoms with Crippen molar-refractivity contribution in [1.29, 1.82) is 0 Å². The highest BCUT2D eigenvalue weighted by atomic mass is 35.5. The summed E-state index contributed by atoms with van der Waals surface area (Å²) in [5, 5.41) is 11.9. The first-order chi connectivity index (χ1) is 12.7. The number of phenols is 1. The third-order valence-corrected chi connectivity index (χ3v) is 4.62. The van der Waals surface area contributed by atoms with E-state index in [0.29, 0.717) is 23.5 Å². The molecule has 1 aliphatic heterocycles. The van der Waals surface area contributed by atoms with Gasteiger partial charge >= 0.3 is 12.1 Å². The maximum Gasteiger partial charge on any atom is 0.426 e. The van der Waals surface area contributed by atoms with E-state index in [2.05, 4.69) is 10.9 Å². The molecule has 0 aliphatic carbocycles. The van der Waals surface area contributed by atoms with Crippen LogP contribution < -0.4 is 15.8 Å². The van der Waals surface area contributed by atoms with E-state index >= 15 is 0 Å². The monoisotopic (exact) mass is 391 g/mol. The van der Waals surface area contributed by atoms with Gasteiger partial charge in [-0.1, -0.05) is 24.3 Å². The second-order valence-corrected chi connectivity index (χ2v) is 7.70. The molecule has 0 saturated carbocycles. The van der Waals surface area contributed by atoms with Crippen LogP contribution in [0.5, 0.6) is 5.75 Å². The van der Waals surface area contributed by atoms with Crippen LogP contribution in [0.25, 0.3) is 10.8 Å². The number of hydrogen-bond acceptors (Lipinski definition) is 4. The molecule has 0 fully saturated rings. The zero-order chi connectivity index (χ0) is 19.8. The summed E-state index contributed by atoms with van der Waals surface area (Å²) in [6, 6.07) is 8.45. The van der Waals surface area contributed by atoms with Crippen molar-refractivity contribution < 1.29 is 19.4 Å². The predicted octanol–water partition coefficient (Wildman–Crippen LogP) is 3.84. The molecule has 1 atom stereocenters. The number of anilines is 1. The van der Waals surface area contributed by atoms with E-state index in [4.69, 9.17) is 16.3 Å². The van der Waals surface area contributed by atoms with Crippen LogP contribution in [0.3, 0.4) is 0 Å². The minimum atomic E-state index is -0.759. The third-order valence-electron chi connectivity index (χ3n) is 4.25. The molecule has 7 nitrogen and oxygen atoms in total. The van der Waals surface area contributed by atoms with Gasteiger partial charge < -0.3 is 9.84 Å². The molecule has 8 heteroatoms. The zero-order valence-electron chi connectivity index (χ0n) is 15.4. The van der Waals surface area contributed by atoms with E-state index in [1.54, 1.807) is 26.8 Å². The fourth-order valence-corrected chi connectivity index (χ4v) is 3.47. The van der Waals surface area contributed by atoms with Gasteiger partial charge in [-0.3, -0.25) is 4.90 Å². The Morgan fingerprint density at radius 2 is 1.93 bits per heavy atom. The number of ether oxygens (including phenoxy) is 1. The van der Waals surface area contributed by atoms with Gasteiger partial charge in [0.1, 0.15) is 11.4 Å². The Balaban J connectivity index is 1.85. The Labute approximate surface area is 162 Å². The molecule has 0 bridgehead atoms. The minimum Gasteiger partial charge on any atom is -0.507 e. The average molecular weight is 392 g/mol. The maximum absolute atomic E-state index is 12.6. The van der Waals surface area contributed by atoms with Crippen molar-refractivity contribution in [3.8, 4) is 5.75 Å². The number of alkyl halides is 1. The number of halogens is 1. The van der Waals surface area contributed by atoms with Gasteiger partial charge in [-0.25, -0.2) is 20.4 Å². The van der Waals surface area contributed by atoms with E-state index in [1.807, 2.05) is 24.3 Å². The number of carbonyl (C=O) groups excluding carboxylic acids is 2. The number of aromatic hydroxyl groups is 1. The molecule has 3 rings (SSSR count). The highest BCUT2D eigenvalue weighted by Crippen LogP contribution is 2.45. The molecule has 2 aromatic rings. The van der Waals surface area contributed by atoms with Crippen LogP contribution in [0, 0.1) is 0 Å². The summed E-state index contributed by atoms with van der Waals surface area (Å²) < 4.78 is 5.09. The molecule has 0 spiro atoms. The van der Waals surface area contributed by atoms with E-state index in [0.717, 1.165) is 10.9 Å². The molecule has 144 valence electrons. The first-order valence-electron chi connectivity index (χ1n) is 8.58. The summed E-state index contributed by atoms with van der Waals surface area (Å²) in [4.78, 5) is 25.8. The third kappa shape index (κ3) is 3.88. The molecule has 1 aliphatic rings. The molecule has 1 heterocycles. The van der Waals surface area contributed by atoms with Gasteiger partial charge in [-0.05, 0) is 31.7 Å². The van der Waals surface area contributed by atoms with Crippen LogP contribution in [0.2, 0.25) is 0 Å². The molecule has 2 aromatic carbocycles. The van der Waals surface area contributed by atoms with Gasteiger partial charge in [0.2, 0.25) is 0 Å². The first kappa shape index (κ1) is 19.1. The lowest BCUT2D eigenvalue weighted by Gasteiger charge is -2.22. The Morgan fingerprint density at radius 1 is 1.26 bits per heavy atom. The second-order valence-electron chi connectivity index (χ2n) is 7.39. The van der Waals surface area contributed by atoms with Crippen molar-refractivity contribution in [2.24, 2.45) is 0 Å². The number of benzene rings is 2. The standard InChI is InChI=1S/C19H22ClN3O4/c1-19(2,3)27-18(26)22-21-17(25)23-10-11(9-20)16-13-7-5-4-6-12(13)15(24)8-14(16)23/h4-8,11,24H,9-10H2,1-3H3,(H,21,25)(H,22,26). The quantitative estimate of drug-likeness (QED) is 0.509. The second kappa shape index (κ2) is 7.15. The van der Waals surface area contributed by atoms with Crippen LogP contribution in [0.1, 0.15) is 32.3 Å². The number of fused-ring (bicyclic) bond motifs is 3. The van der Waals surface area contributed by atoms with Crippen molar-refractivity contribution in [2.75, 3.05) is 17.3 Å². The molecule has 3 N–H and O–H groups in total. The molecule has 0 radical (unpaired) electrons. The molecule has 3 amide bonds. The Bertz CT molecular complexity index is 894. The van der Waals surface area contributed by atoms with Crippen LogP contribution in [-0.2, 0) is 4.74 Å². The first-order valence-corrected chi connectivity index (χ1v) is 9.12. The lowest BCUT2D eigenvalue weighted by molar-refractivity contribution is 0.0506. The van der Waals surface area contributed by atoms with Gasteiger partial charge in [0.15, 0.2) is 0 Å². The van der Waals surface area contributed by atoms with Crippen LogP contribution in [0.15, 0.2) is 30.3 Å². The van der Waals surface area contributed by atoms with Gasteiger partial charge in [-0.2, -0.15) is 0 Å². The van der Waals surface area contributed by atoms with E-state index in [-0.39, 0.29) is 11.7 Å². The Hall–Kier alpha value is -2.67. The summed E-state index contributed by atoms with van der Waals surface area (Å²) in [5.41, 5.74) is 5.37. The van der Waals surface area contributed by atoms with Crippen molar-refractivity contribution in [1.82, 2.24) is 10.9 Å². The highest BCUT2D eigenvalue weighted by Gasteiger charge is 2.34. The normalized spacial score (nSPS) is 16.1. The SMILES string of the molecule is CC(C)(C)OC(=O)NNC(=O)N1CC(CCl)c2c1cc(O)c1ccccc21. The van der Waals surface area contributed by atoms with Crippen LogP contribution >= 0.6 is 11.6 Å². The summed E-state index contributed by atoms with van der Waals surface area (Å²) in [7, 11) is 0. The van der Waals surface area contributed by atoms with Crippen molar-refractivity contribution in [3.63, 3.8) is 0 Å². The number of nitrogens with one attached hydrogen (secondary N) is 2. The van der Waals surface area contributed by atoms with Gasteiger partial charge in [0.05, 0.1) is 5.69 Å². The molecule has 27 heavy (non-hydrogen) atoms. The number of urea groups is 1. The van der Waals surface area contributed by atoms with Crippen molar-refractivity contribution in [3.05, 3.63) is 35.9 Å². The van der Waals surface area contributed by atoms with Crippen LogP contribution in [0.4, 0.5) is 15.3 Å². The van der Waals surface area contributed by atoms with Crippen LogP contribution in [-0.4, -0.2) is 35.3 Å². The average Bonchev–Trinajstić information content (AvgIpc) is 2.97. The topological polar surface area (TPSA) is 90.9 Å². The lowest BCUT2D eigenvalue weighted by Crippen LogP contribution is -2.50. The van der Waals surface area contributed by atoms with E-state index in [1.165, 1.54) is 4.90 Å². The maximum atomic E-state index is 12.6. The predicted molar refractivity (Wildman–Crippen MR) is 104 cm³/mol. The summed E-state index contributed by atoms with van der Waals surface area (Å²) in [6.45, 7) is 5.52. The highest BCUT2D eigenvalue weighted by molar-refractivity contribution is 6.19. The number of hydrazine groups is 1.